The summed E-state index contributed by atoms with van der Waals surface area (Å²) >= 11 is 0. The molecule has 2 aromatic rings. The molecule has 2 N–H and O–H groups in total. The van der Waals surface area contributed by atoms with Gasteiger partial charge in [0.05, 0.1) is 30.3 Å². The van der Waals surface area contributed by atoms with Crippen molar-refractivity contribution in [3.8, 4) is 0 Å². The molecule has 2 heterocycles. The summed E-state index contributed by atoms with van der Waals surface area (Å²) < 4.78 is 2.88. The monoisotopic (exact) mass is 318 g/mol. The van der Waals surface area contributed by atoms with Gasteiger partial charge in [0.1, 0.15) is 0 Å². The lowest BCUT2D eigenvalue weighted by molar-refractivity contribution is 0.0812. The standard InChI is InChI=1S/C17H22N2O4/c1-9-4-5-18-15-13(6-10(2)11(3)14(9)15)19(7-12(21)8-20)17(23)16(18)22/h6,9,12,20-21H,4-5,7-8H2,1-3H3. The molecule has 23 heavy (non-hydrogen) atoms. The van der Waals surface area contributed by atoms with Gasteiger partial charge < -0.3 is 14.8 Å². The van der Waals surface area contributed by atoms with Crippen LogP contribution in [0.25, 0.3) is 11.0 Å². The van der Waals surface area contributed by atoms with Crippen molar-refractivity contribution >= 4 is 11.0 Å². The highest BCUT2D eigenvalue weighted by atomic mass is 16.3. The van der Waals surface area contributed by atoms with Crippen LogP contribution in [0.3, 0.4) is 0 Å². The molecule has 1 aromatic carbocycles. The largest absolute Gasteiger partial charge is 0.394 e. The van der Waals surface area contributed by atoms with Gasteiger partial charge >= 0.3 is 11.1 Å². The molecule has 6 nitrogen and oxygen atoms in total. The first-order chi connectivity index (χ1) is 10.9. The van der Waals surface area contributed by atoms with Crippen molar-refractivity contribution in [2.45, 2.75) is 52.3 Å². The predicted octanol–water partition coefficient (Wildman–Crippen LogP) is 0.640. The van der Waals surface area contributed by atoms with Crippen LogP contribution >= 0.6 is 0 Å². The molecule has 2 unspecified atom stereocenters. The number of benzene rings is 1. The van der Waals surface area contributed by atoms with Gasteiger partial charge in [-0.1, -0.05) is 6.92 Å². The topological polar surface area (TPSA) is 84.5 Å². The maximum Gasteiger partial charge on any atom is 0.317 e. The van der Waals surface area contributed by atoms with E-state index in [1.807, 2.05) is 19.9 Å². The summed E-state index contributed by atoms with van der Waals surface area (Å²) in [5, 5.41) is 18.8. The van der Waals surface area contributed by atoms with E-state index in [0.717, 1.165) is 28.6 Å². The fourth-order valence-electron chi connectivity index (χ4n) is 3.57. The highest BCUT2D eigenvalue weighted by Crippen LogP contribution is 2.35. The molecule has 2 atom stereocenters. The summed E-state index contributed by atoms with van der Waals surface area (Å²) in [6.45, 7) is 6.15. The molecule has 0 bridgehead atoms. The molecule has 3 rings (SSSR count). The molecule has 1 aliphatic heterocycles. The number of aromatic nitrogens is 2. The molecule has 124 valence electrons. The zero-order chi connectivity index (χ0) is 16.9. The van der Waals surface area contributed by atoms with Gasteiger partial charge in [0.15, 0.2) is 0 Å². The van der Waals surface area contributed by atoms with Gasteiger partial charge in [0.25, 0.3) is 0 Å². The molecule has 0 saturated heterocycles. The van der Waals surface area contributed by atoms with E-state index < -0.39 is 23.8 Å². The lowest BCUT2D eigenvalue weighted by Gasteiger charge is -2.28. The second-order valence-electron chi connectivity index (χ2n) is 6.50. The van der Waals surface area contributed by atoms with Crippen LogP contribution in [0.4, 0.5) is 0 Å². The van der Waals surface area contributed by atoms with E-state index in [0.29, 0.717) is 18.0 Å². The van der Waals surface area contributed by atoms with Gasteiger partial charge in [-0.15, -0.1) is 0 Å². The maximum absolute atomic E-state index is 12.5. The summed E-state index contributed by atoms with van der Waals surface area (Å²) in [5.74, 6) is 0.311. The Kier molecular flexibility index (Phi) is 3.90. The van der Waals surface area contributed by atoms with E-state index in [-0.39, 0.29) is 6.54 Å². The van der Waals surface area contributed by atoms with Crippen molar-refractivity contribution in [1.82, 2.24) is 9.13 Å². The third-order valence-corrected chi connectivity index (χ3v) is 4.96. The first kappa shape index (κ1) is 16.0. The molecule has 0 radical (unpaired) electrons. The van der Waals surface area contributed by atoms with Crippen molar-refractivity contribution in [2.75, 3.05) is 6.61 Å². The Morgan fingerprint density at radius 3 is 2.65 bits per heavy atom. The highest BCUT2D eigenvalue weighted by molar-refractivity contribution is 5.83. The Balaban J connectivity index is 2.48. The Hall–Kier alpha value is -1.92. The molecular formula is C17H22N2O4. The SMILES string of the molecule is Cc1cc2c3c(c1C)C(C)CCn3c(=O)c(=O)n2CC(O)CO. The van der Waals surface area contributed by atoms with Crippen molar-refractivity contribution in [1.29, 1.82) is 0 Å². The Morgan fingerprint density at radius 1 is 1.30 bits per heavy atom. The van der Waals surface area contributed by atoms with Gasteiger partial charge in [-0.25, -0.2) is 0 Å². The molecule has 6 heteroatoms. The van der Waals surface area contributed by atoms with Crippen molar-refractivity contribution in [3.63, 3.8) is 0 Å². The summed E-state index contributed by atoms with van der Waals surface area (Å²) in [6.07, 6.45) is -0.244. The van der Waals surface area contributed by atoms with Gasteiger partial charge in [0, 0.05) is 6.54 Å². The van der Waals surface area contributed by atoms with Crippen LogP contribution < -0.4 is 11.1 Å². The minimum Gasteiger partial charge on any atom is -0.394 e. The van der Waals surface area contributed by atoms with Crippen molar-refractivity contribution in [2.24, 2.45) is 0 Å². The Bertz CT molecular complexity index is 894. The van der Waals surface area contributed by atoms with E-state index in [4.69, 9.17) is 5.11 Å². The third kappa shape index (κ3) is 2.33. The summed E-state index contributed by atoms with van der Waals surface area (Å²) in [5.41, 5.74) is 3.56. The summed E-state index contributed by atoms with van der Waals surface area (Å²) in [6, 6.07) is 1.90. The maximum atomic E-state index is 12.5. The van der Waals surface area contributed by atoms with E-state index in [1.54, 1.807) is 4.57 Å². The lowest BCUT2D eigenvalue weighted by Crippen LogP contribution is -2.44. The molecular weight excluding hydrogens is 296 g/mol. The van der Waals surface area contributed by atoms with E-state index in [2.05, 4.69) is 6.92 Å². The van der Waals surface area contributed by atoms with E-state index >= 15 is 0 Å². The van der Waals surface area contributed by atoms with Gasteiger partial charge in [0.2, 0.25) is 0 Å². The molecule has 0 aliphatic carbocycles. The van der Waals surface area contributed by atoms with Crippen LogP contribution in [0.2, 0.25) is 0 Å². The van der Waals surface area contributed by atoms with Crippen LogP contribution in [0.5, 0.6) is 0 Å². The first-order valence-corrected chi connectivity index (χ1v) is 7.93. The van der Waals surface area contributed by atoms with Crippen LogP contribution in [0, 0.1) is 13.8 Å². The van der Waals surface area contributed by atoms with Crippen LogP contribution in [0.1, 0.15) is 36.0 Å². The molecule has 0 spiro atoms. The smallest absolute Gasteiger partial charge is 0.317 e. The number of aliphatic hydroxyl groups excluding tert-OH is 2. The molecule has 0 amide bonds. The van der Waals surface area contributed by atoms with Gasteiger partial charge in [-0.05, 0) is 48.9 Å². The Labute approximate surface area is 133 Å². The lowest BCUT2D eigenvalue weighted by atomic mass is 9.87. The molecule has 0 saturated carbocycles. The fraction of sp³-hybridized carbons (Fsp3) is 0.529. The molecule has 1 aliphatic rings. The average Bonchev–Trinajstić information content (AvgIpc) is 2.53. The second kappa shape index (κ2) is 5.62. The second-order valence-corrected chi connectivity index (χ2v) is 6.50. The van der Waals surface area contributed by atoms with Crippen molar-refractivity contribution < 1.29 is 10.2 Å². The fourth-order valence-corrected chi connectivity index (χ4v) is 3.57. The average molecular weight is 318 g/mol. The number of rotatable bonds is 3. The van der Waals surface area contributed by atoms with Crippen LogP contribution in [-0.2, 0) is 13.1 Å². The van der Waals surface area contributed by atoms with Crippen molar-refractivity contribution in [3.05, 3.63) is 43.5 Å². The van der Waals surface area contributed by atoms with Crippen LogP contribution in [0.15, 0.2) is 15.7 Å². The molecule has 1 aromatic heterocycles. The van der Waals surface area contributed by atoms with E-state index in [9.17, 15) is 14.7 Å². The number of hydrogen-bond acceptors (Lipinski definition) is 4. The van der Waals surface area contributed by atoms with Gasteiger partial charge in [-0.2, -0.15) is 0 Å². The number of aliphatic hydroxyl groups is 2. The Morgan fingerprint density at radius 2 is 2.00 bits per heavy atom. The van der Waals surface area contributed by atoms with E-state index in [1.165, 1.54) is 4.57 Å². The number of hydrogen-bond donors (Lipinski definition) is 2. The quantitative estimate of drug-likeness (QED) is 0.814. The van der Waals surface area contributed by atoms with Gasteiger partial charge in [-0.3, -0.25) is 14.2 Å². The summed E-state index contributed by atoms with van der Waals surface area (Å²) in [7, 11) is 0. The first-order valence-electron chi connectivity index (χ1n) is 7.93. The minimum absolute atomic E-state index is 0.0851. The highest BCUT2D eigenvalue weighted by Gasteiger charge is 2.26. The predicted molar refractivity (Wildman–Crippen MR) is 88.1 cm³/mol. The zero-order valence-corrected chi connectivity index (χ0v) is 13.7. The van der Waals surface area contributed by atoms with Crippen LogP contribution in [-0.4, -0.2) is 32.1 Å². The zero-order valence-electron chi connectivity index (χ0n) is 13.7. The minimum atomic E-state index is -1.07. The normalized spacial score (nSPS) is 18.4. The summed E-state index contributed by atoms with van der Waals surface area (Å²) in [4.78, 5) is 24.9. The molecule has 0 fully saturated rings. The number of aryl methyl sites for hydroxylation is 2. The number of nitrogens with zero attached hydrogens (tertiary/aromatic N) is 2. The third-order valence-electron chi connectivity index (χ3n) is 4.96.